The van der Waals surface area contributed by atoms with E-state index in [2.05, 4.69) is 4.98 Å². The molecule has 0 saturated carbocycles. The highest BCUT2D eigenvalue weighted by molar-refractivity contribution is 4.99. The van der Waals surface area contributed by atoms with Crippen LogP contribution in [0.4, 0.5) is 0 Å². The van der Waals surface area contributed by atoms with Crippen LogP contribution in [-0.4, -0.2) is 38.1 Å². The number of ether oxygens (including phenoxy) is 1. The number of aromatic amines is 1. The van der Waals surface area contributed by atoms with E-state index < -0.39 is 29.2 Å². The molecule has 1 aromatic heterocycles. The molecule has 1 aromatic rings. The van der Waals surface area contributed by atoms with Crippen LogP contribution in [0.3, 0.4) is 0 Å². The molecule has 0 aromatic carbocycles. The van der Waals surface area contributed by atoms with Gasteiger partial charge in [-0.1, -0.05) is 13.8 Å². The molecule has 0 aliphatic carbocycles. The van der Waals surface area contributed by atoms with E-state index in [1.807, 2.05) is 0 Å². The van der Waals surface area contributed by atoms with Crippen LogP contribution in [0, 0.1) is 5.92 Å². The van der Waals surface area contributed by atoms with Crippen molar-refractivity contribution in [2.45, 2.75) is 38.2 Å². The van der Waals surface area contributed by atoms with Gasteiger partial charge in [0, 0.05) is 18.2 Å². The molecule has 106 valence electrons. The third kappa shape index (κ3) is 2.13. The van der Waals surface area contributed by atoms with Crippen LogP contribution in [0.15, 0.2) is 21.9 Å². The molecule has 0 spiro atoms. The average Bonchev–Trinajstić information content (AvgIpc) is 2.64. The molecule has 4 atom stereocenters. The zero-order valence-electron chi connectivity index (χ0n) is 10.9. The van der Waals surface area contributed by atoms with Crippen LogP contribution in [-0.2, 0) is 4.74 Å². The first-order chi connectivity index (χ1) is 8.95. The Morgan fingerprint density at radius 2 is 2.21 bits per heavy atom. The monoisotopic (exact) mass is 270 g/mol. The minimum Gasteiger partial charge on any atom is -0.393 e. The molecule has 1 fully saturated rings. The van der Waals surface area contributed by atoms with E-state index in [0.717, 1.165) is 0 Å². The van der Waals surface area contributed by atoms with Gasteiger partial charge in [0.2, 0.25) is 0 Å². The maximum absolute atomic E-state index is 11.8. The summed E-state index contributed by atoms with van der Waals surface area (Å²) in [6.07, 6.45) is 0.152. The molecule has 2 heterocycles. The van der Waals surface area contributed by atoms with Gasteiger partial charge in [-0.15, -0.1) is 0 Å². The van der Waals surface area contributed by atoms with Crippen LogP contribution in [0.2, 0.25) is 0 Å². The lowest BCUT2D eigenvalue weighted by Gasteiger charge is -2.28. The number of aliphatic hydroxyl groups excluding tert-OH is 2. The Kier molecular flexibility index (Phi) is 3.62. The summed E-state index contributed by atoms with van der Waals surface area (Å²) in [7, 11) is 0. The van der Waals surface area contributed by atoms with Crippen molar-refractivity contribution in [3.63, 3.8) is 0 Å². The number of aliphatic hydroxyl groups is 2. The lowest BCUT2D eigenvalue weighted by atomic mass is 9.89. The van der Waals surface area contributed by atoms with Crippen LogP contribution < -0.4 is 11.2 Å². The number of hydrogen-bond acceptors (Lipinski definition) is 5. The van der Waals surface area contributed by atoms with Gasteiger partial charge >= 0.3 is 5.69 Å². The summed E-state index contributed by atoms with van der Waals surface area (Å²) in [6, 6.07) is 1.22. The molecule has 1 saturated heterocycles. The molecule has 0 unspecified atom stereocenters. The molecule has 19 heavy (non-hydrogen) atoms. The summed E-state index contributed by atoms with van der Waals surface area (Å²) < 4.78 is 6.94. The first kappa shape index (κ1) is 14.0. The second-order valence-electron chi connectivity index (χ2n) is 4.91. The SMILES string of the molecule is CC[C@]1(CO)O[C@@H](n2ccc(=O)[nH]c2=O)[C@H](C)[C@@H]1O. The third-order valence-corrected chi connectivity index (χ3v) is 3.83. The number of H-pyrrole nitrogens is 1. The molecular formula is C12H18N2O5. The maximum Gasteiger partial charge on any atom is 0.330 e. The summed E-state index contributed by atoms with van der Waals surface area (Å²) in [5.41, 5.74) is -2.16. The standard InChI is InChI=1S/C12H18N2O5/c1-3-12(6-15)9(17)7(2)10(19-12)14-5-4-8(16)13-11(14)18/h4-5,7,9-10,15,17H,3,6H2,1-2H3,(H,13,16,18)/t7-,9+,10-,12-/m1/s1. The van der Waals surface area contributed by atoms with Gasteiger partial charge < -0.3 is 14.9 Å². The van der Waals surface area contributed by atoms with Crippen molar-refractivity contribution in [1.82, 2.24) is 9.55 Å². The average molecular weight is 270 g/mol. The van der Waals surface area contributed by atoms with Crippen molar-refractivity contribution < 1.29 is 14.9 Å². The zero-order valence-corrected chi connectivity index (χ0v) is 10.9. The van der Waals surface area contributed by atoms with E-state index in [-0.39, 0.29) is 12.5 Å². The molecule has 0 radical (unpaired) electrons. The second-order valence-corrected chi connectivity index (χ2v) is 4.91. The Labute approximate surface area is 109 Å². The Balaban J connectivity index is 2.42. The van der Waals surface area contributed by atoms with Crippen LogP contribution in [0.1, 0.15) is 26.5 Å². The predicted octanol–water partition coefficient (Wildman–Crippen LogP) is -0.796. The molecule has 0 amide bonds. The Bertz CT molecular complexity index is 560. The van der Waals surface area contributed by atoms with Crippen LogP contribution in [0.5, 0.6) is 0 Å². The van der Waals surface area contributed by atoms with Crippen molar-refractivity contribution in [1.29, 1.82) is 0 Å². The number of nitrogens with zero attached hydrogens (tertiary/aromatic N) is 1. The highest BCUT2D eigenvalue weighted by atomic mass is 16.6. The maximum atomic E-state index is 11.8. The van der Waals surface area contributed by atoms with Crippen LogP contribution in [0.25, 0.3) is 0 Å². The van der Waals surface area contributed by atoms with E-state index in [0.29, 0.717) is 6.42 Å². The largest absolute Gasteiger partial charge is 0.393 e. The van der Waals surface area contributed by atoms with Crippen molar-refractivity contribution in [3.8, 4) is 0 Å². The molecule has 3 N–H and O–H groups in total. The Hall–Kier alpha value is -1.44. The van der Waals surface area contributed by atoms with E-state index in [1.165, 1.54) is 16.8 Å². The molecule has 7 nitrogen and oxygen atoms in total. The number of rotatable bonds is 3. The third-order valence-electron chi connectivity index (χ3n) is 3.83. The normalized spacial score (nSPS) is 34.6. The first-order valence-electron chi connectivity index (χ1n) is 6.23. The van der Waals surface area contributed by atoms with Crippen LogP contribution >= 0.6 is 0 Å². The molecular weight excluding hydrogens is 252 g/mol. The van der Waals surface area contributed by atoms with Crippen molar-refractivity contribution in [2.75, 3.05) is 6.61 Å². The van der Waals surface area contributed by atoms with Crippen molar-refractivity contribution >= 4 is 0 Å². The molecule has 2 rings (SSSR count). The summed E-state index contributed by atoms with van der Waals surface area (Å²) in [6.45, 7) is 3.20. The van der Waals surface area contributed by atoms with Gasteiger partial charge in [0.15, 0.2) is 0 Å². The van der Waals surface area contributed by atoms with Gasteiger partial charge in [0.05, 0.1) is 12.7 Å². The lowest BCUT2D eigenvalue weighted by molar-refractivity contribution is -0.130. The molecule has 7 heteroatoms. The number of hydrogen-bond donors (Lipinski definition) is 3. The van der Waals surface area contributed by atoms with E-state index >= 15 is 0 Å². The van der Waals surface area contributed by atoms with Gasteiger partial charge in [-0.25, -0.2) is 4.79 Å². The van der Waals surface area contributed by atoms with Gasteiger partial charge in [-0.2, -0.15) is 0 Å². The first-order valence-corrected chi connectivity index (χ1v) is 6.23. The summed E-state index contributed by atoms with van der Waals surface area (Å²) >= 11 is 0. The van der Waals surface area contributed by atoms with Crippen molar-refractivity contribution in [3.05, 3.63) is 33.1 Å². The fourth-order valence-electron chi connectivity index (χ4n) is 2.53. The Morgan fingerprint density at radius 1 is 1.53 bits per heavy atom. The van der Waals surface area contributed by atoms with Gasteiger partial charge in [0.1, 0.15) is 11.8 Å². The minimum absolute atomic E-state index is 0.330. The predicted molar refractivity (Wildman–Crippen MR) is 66.7 cm³/mol. The summed E-state index contributed by atoms with van der Waals surface area (Å²) in [4.78, 5) is 24.9. The van der Waals surface area contributed by atoms with E-state index in [1.54, 1.807) is 13.8 Å². The highest BCUT2D eigenvalue weighted by Crippen LogP contribution is 2.42. The minimum atomic E-state index is -1.07. The second kappa shape index (κ2) is 4.92. The number of aromatic nitrogens is 2. The summed E-state index contributed by atoms with van der Waals surface area (Å²) in [5.74, 6) is -0.379. The zero-order chi connectivity index (χ0) is 14.2. The quantitative estimate of drug-likeness (QED) is 0.667. The van der Waals surface area contributed by atoms with Gasteiger partial charge in [-0.05, 0) is 6.42 Å². The molecule has 0 bridgehead atoms. The van der Waals surface area contributed by atoms with E-state index in [4.69, 9.17) is 4.74 Å². The molecule has 1 aliphatic heterocycles. The summed E-state index contributed by atoms with van der Waals surface area (Å²) in [5, 5.41) is 19.7. The molecule has 1 aliphatic rings. The highest BCUT2D eigenvalue weighted by Gasteiger charge is 2.52. The topological polar surface area (TPSA) is 105 Å². The fraction of sp³-hybridized carbons (Fsp3) is 0.667. The lowest BCUT2D eigenvalue weighted by Crippen LogP contribution is -2.43. The number of nitrogens with one attached hydrogen (secondary N) is 1. The van der Waals surface area contributed by atoms with E-state index in [9.17, 15) is 19.8 Å². The smallest absolute Gasteiger partial charge is 0.330 e. The Morgan fingerprint density at radius 3 is 2.68 bits per heavy atom. The van der Waals surface area contributed by atoms with Gasteiger partial charge in [0.25, 0.3) is 5.56 Å². The van der Waals surface area contributed by atoms with Crippen molar-refractivity contribution in [2.24, 2.45) is 5.92 Å². The fourth-order valence-corrected chi connectivity index (χ4v) is 2.53. The van der Waals surface area contributed by atoms with Gasteiger partial charge in [-0.3, -0.25) is 14.3 Å².